The molecular formula is C22H29N3O6. The van der Waals surface area contributed by atoms with Crippen molar-refractivity contribution < 1.29 is 28.5 Å². The number of amides is 1. The van der Waals surface area contributed by atoms with Gasteiger partial charge in [0.1, 0.15) is 6.23 Å². The fraction of sp³-hybridized carbons (Fsp3) is 0.500. The van der Waals surface area contributed by atoms with Gasteiger partial charge >= 0.3 is 5.97 Å². The average Bonchev–Trinajstić information content (AvgIpc) is 3.22. The number of nitrogens with one attached hydrogen (secondary N) is 1. The molecule has 9 nitrogen and oxygen atoms in total. The van der Waals surface area contributed by atoms with E-state index in [0.717, 1.165) is 24.8 Å². The number of nitrogens with zero attached hydrogens (tertiary/aromatic N) is 2. The molecule has 0 spiro atoms. The number of anilines is 1. The van der Waals surface area contributed by atoms with Crippen molar-refractivity contribution in [3.05, 3.63) is 35.7 Å². The summed E-state index contributed by atoms with van der Waals surface area (Å²) in [5.41, 5.74) is 1.34. The van der Waals surface area contributed by atoms with Gasteiger partial charge in [-0.15, -0.1) is 0 Å². The van der Waals surface area contributed by atoms with E-state index < -0.39 is 5.97 Å². The number of aryl methyl sites for hydroxylation is 1. The highest BCUT2D eigenvalue weighted by Gasteiger charge is 2.24. The smallest absolute Gasteiger partial charge is 0.361 e. The molecule has 1 N–H and O–H groups in total. The molecule has 168 valence electrons. The Labute approximate surface area is 181 Å². The Morgan fingerprint density at radius 1 is 1.23 bits per heavy atom. The van der Waals surface area contributed by atoms with Crippen LogP contribution in [-0.2, 0) is 20.7 Å². The lowest BCUT2D eigenvalue weighted by Gasteiger charge is -2.22. The topological polar surface area (TPSA) is 101 Å². The first-order chi connectivity index (χ1) is 15.0. The summed E-state index contributed by atoms with van der Waals surface area (Å²) < 4.78 is 23.0. The van der Waals surface area contributed by atoms with Crippen molar-refractivity contribution in [3.8, 4) is 11.5 Å². The molecule has 1 unspecified atom stereocenters. The second-order valence-electron chi connectivity index (χ2n) is 7.15. The molecule has 1 amide bonds. The molecule has 1 aliphatic rings. The molecule has 9 heteroatoms. The number of rotatable bonds is 9. The molecule has 0 bridgehead atoms. The van der Waals surface area contributed by atoms with Gasteiger partial charge in [0.15, 0.2) is 17.2 Å². The van der Waals surface area contributed by atoms with E-state index in [1.165, 1.54) is 0 Å². The minimum Gasteiger partial charge on any atom is -0.493 e. The zero-order valence-corrected chi connectivity index (χ0v) is 18.2. The van der Waals surface area contributed by atoms with Gasteiger partial charge in [-0.2, -0.15) is 5.10 Å². The van der Waals surface area contributed by atoms with Crippen molar-refractivity contribution in [2.24, 2.45) is 0 Å². The maximum absolute atomic E-state index is 12.6. The van der Waals surface area contributed by atoms with Crippen molar-refractivity contribution in [1.29, 1.82) is 0 Å². The molecule has 1 fully saturated rings. The Bertz CT molecular complexity index is 905. The zero-order valence-electron chi connectivity index (χ0n) is 18.2. The summed E-state index contributed by atoms with van der Waals surface area (Å²) in [4.78, 5) is 24.9. The predicted octanol–water partition coefficient (Wildman–Crippen LogP) is 3.35. The molecule has 2 aromatic rings. The van der Waals surface area contributed by atoms with Crippen LogP contribution in [0.25, 0.3) is 0 Å². The summed E-state index contributed by atoms with van der Waals surface area (Å²) in [5, 5.41) is 7.13. The number of aromatic nitrogens is 2. The molecule has 1 aliphatic heterocycles. The third kappa shape index (κ3) is 5.75. The van der Waals surface area contributed by atoms with Crippen LogP contribution >= 0.6 is 0 Å². The molecule has 1 aromatic heterocycles. The van der Waals surface area contributed by atoms with E-state index in [9.17, 15) is 9.59 Å². The lowest BCUT2D eigenvalue weighted by atomic mass is 10.1. The fourth-order valence-corrected chi connectivity index (χ4v) is 3.42. The molecule has 31 heavy (non-hydrogen) atoms. The largest absolute Gasteiger partial charge is 0.493 e. The second-order valence-corrected chi connectivity index (χ2v) is 7.15. The van der Waals surface area contributed by atoms with Crippen LogP contribution < -0.4 is 14.8 Å². The Morgan fingerprint density at radius 3 is 2.71 bits per heavy atom. The van der Waals surface area contributed by atoms with Crippen molar-refractivity contribution >= 4 is 17.6 Å². The van der Waals surface area contributed by atoms with E-state index in [0.29, 0.717) is 30.2 Å². The minimum absolute atomic E-state index is 0.0792. The Kier molecular flexibility index (Phi) is 7.88. The molecule has 0 saturated carbocycles. The van der Waals surface area contributed by atoms with Gasteiger partial charge in [-0.05, 0) is 50.3 Å². The van der Waals surface area contributed by atoms with E-state index in [4.69, 9.17) is 18.9 Å². The molecule has 3 rings (SSSR count). The maximum Gasteiger partial charge on any atom is 0.361 e. The summed E-state index contributed by atoms with van der Waals surface area (Å²) in [7, 11) is 3.14. The maximum atomic E-state index is 12.6. The summed E-state index contributed by atoms with van der Waals surface area (Å²) >= 11 is 0. The number of hydrogen-bond donors (Lipinski definition) is 1. The number of hydrogen-bond acceptors (Lipinski definition) is 7. The third-order valence-electron chi connectivity index (χ3n) is 5.01. The first kappa shape index (κ1) is 22.6. The van der Waals surface area contributed by atoms with Gasteiger partial charge in [-0.1, -0.05) is 6.07 Å². The van der Waals surface area contributed by atoms with Crippen LogP contribution in [0.4, 0.5) is 5.69 Å². The molecule has 2 heterocycles. The van der Waals surface area contributed by atoms with Crippen molar-refractivity contribution in [1.82, 2.24) is 9.78 Å². The first-order valence-corrected chi connectivity index (χ1v) is 10.4. The monoisotopic (exact) mass is 431 g/mol. The number of ether oxygens (including phenoxy) is 4. The SMILES string of the molecule is CCOC(=O)c1nn(C2CCCCO2)cc1NC(=O)CCc1ccc(OC)c(OC)c1. The van der Waals surface area contributed by atoms with E-state index in [1.807, 2.05) is 12.1 Å². The molecular weight excluding hydrogens is 402 g/mol. The molecule has 1 atom stereocenters. The normalized spacial score (nSPS) is 15.9. The number of carbonyl (C=O) groups excluding carboxylic acids is 2. The van der Waals surface area contributed by atoms with E-state index >= 15 is 0 Å². The van der Waals surface area contributed by atoms with Gasteiger partial charge in [0.05, 0.1) is 32.7 Å². The van der Waals surface area contributed by atoms with Crippen LogP contribution in [0, 0.1) is 0 Å². The highest BCUT2D eigenvalue weighted by atomic mass is 16.5. The van der Waals surface area contributed by atoms with E-state index in [2.05, 4.69) is 10.4 Å². The van der Waals surface area contributed by atoms with Crippen LogP contribution in [0.2, 0.25) is 0 Å². The number of carbonyl (C=O) groups is 2. The zero-order chi connectivity index (χ0) is 22.2. The number of methoxy groups -OCH3 is 2. The minimum atomic E-state index is -0.577. The second kappa shape index (κ2) is 10.8. The number of esters is 1. The van der Waals surface area contributed by atoms with Crippen molar-refractivity contribution in [2.45, 2.75) is 45.3 Å². The summed E-state index contributed by atoms with van der Waals surface area (Å²) in [5.74, 6) is 0.433. The van der Waals surface area contributed by atoms with Gasteiger partial charge < -0.3 is 24.3 Å². The van der Waals surface area contributed by atoms with Gasteiger partial charge in [0.25, 0.3) is 0 Å². The standard InChI is InChI=1S/C22H29N3O6/c1-4-30-22(27)21-16(14-25(24-21)20-7-5-6-12-31-20)23-19(26)11-9-15-8-10-17(28-2)18(13-15)29-3/h8,10,13-14,20H,4-7,9,11-12H2,1-3H3,(H,23,26). The predicted molar refractivity (Wildman–Crippen MR) is 114 cm³/mol. The van der Waals surface area contributed by atoms with Gasteiger partial charge in [0, 0.05) is 13.0 Å². The van der Waals surface area contributed by atoms with Crippen LogP contribution in [-0.4, -0.2) is 49.1 Å². The first-order valence-electron chi connectivity index (χ1n) is 10.4. The molecule has 0 aliphatic carbocycles. The van der Waals surface area contributed by atoms with Gasteiger partial charge in [-0.25, -0.2) is 9.48 Å². The van der Waals surface area contributed by atoms with Crippen LogP contribution in [0.5, 0.6) is 11.5 Å². The quantitative estimate of drug-likeness (QED) is 0.608. The third-order valence-corrected chi connectivity index (χ3v) is 5.01. The van der Waals surface area contributed by atoms with Crippen molar-refractivity contribution in [2.75, 3.05) is 32.8 Å². The Balaban J connectivity index is 1.69. The summed E-state index contributed by atoms with van der Waals surface area (Å²) in [6.45, 7) is 2.59. The molecule has 1 saturated heterocycles. The number of benzene rings is 1. The van der Waals surface area contributed by atoms with Crippen LogP contribution in [0.15, 0.2) is 24.4 Å². The Hall–Kier alpha value is -3.07. The van der Waals surface area contributed by atoms with E-state index in [-0.39, 0.29) is 30.9 Å². The summed E-state index contributed by atoms with van der Waals surface area (Å²) in [6, 6.07) is 5.53. The van der Waals surface area contributed by atoms with Crippen molar-refractivity contribution in [3.63, 3.8) is 0 Å². The summed E-state index contributed by atoms with van der Waals surface area (Å²) in [6.07, 6.45) is 4.94. The van der Waals surface area contributed by atoms with Gasteiger partial charge in [0.2, 0.25) is 5.91 Å². The lowest BCUT2D eigenvalue weighted by molar-refractivity contribution is -0.116. The van der Waals surface area contributed by atoms with E-state index in [1.54, 1.807) is 38.1 Å². The highest BCUT2D eigenvalue weighted by molar-refractivity contribution is 5.99. The highest BCUT2D eigenvalue weighted by Crippen LogP contribution is 2.28. The van der Waals surface area contributed by atoms with Crippen LogP contribution in [0.1, 0.15) is 54.9 Å². The fourth-order valence-electron chi connectivity index (χ4n) is 3.42. The lowest BCUT2D eigenvalue weighted by Crippen LogP contribution is -2.19. The molecule has 1 aromatic carbocycles. The Morgan fingerprint density at radius 2 is 2.03 bits per heavy atom. The van der Waals surface area contributed by atoms with Gasteiger partial charge in [-0.3, -0.25) is 4.79 Å². The molecule has 0 radical (unpaired) electrons. The van der Waals surface area contributed by atoms with Crippen LogP contribution in [0.3, 0.4) is 0 Å². The average molecular weight is 431 g/mol.